The number of furan rings is 1. The van der Waals surface area contributed by atoms with Gasteiger partial charge < -0.3 is 19.0 Å². The van der Waals surface area contributed by atoms with Gasteiger partial charge in [-0.05, 0) is 39.0 Å². The highest BCUT2D eigenvalue weighted by atomic mass is 19.4. The fraction of sp³-hybridized carbons (Fsp3) is 0.286. The maximum absolute atomic E-state index is 14.0. The molecule has 2 aromatic heterocycles. The third-order valence-corrected chi connectivity index (χ3v) is 4.72. The quantitative estimate of drug-likeness (QED) is 0.584. The number of hydrogen-bond donors (Lipinski definition) is 1. The molecule has 0 aliphatic heterocycles. The highest BCUT2D eigenvalue weighted by Gasteiger charge is 2.39. The Kier molecular flexibility index (Phi) is 5.66. The summed E-state index contributed by atoms with van der Waals surface area (Å²) in [5.41, 5.74) is -1.48. The molecule has 2 heterocycles. The van der Waals surface area contributed by atoms with Crippen LogP contribution in [-0.4, -0.2) is 35.3 Å². The van der Waals surface area contributed by atoms with Gasteiger partial charge in [0.15, 0.2) is 5.69 Å². The molecule has 1 aromatic carbocycles. The van der Waals surface area contributed by atoms with Crippen LogP contribution in [0.25, 0.3) is 22.4 Å². The van der Waals surface area contributed by atoms with Crippen molar-refractivity contribution < 1.29 is 37.0 Å². The Bertz CT molecular complexity index is 1170. The number of rotatable bonds is 4. The van der Waals surface area contributed by atoms with Crippen molar-refractivity contribution in [1.29, 1.82) is 0 Å². The predicted octanol–water partition coefficient (Wildman–Crippen LogP) is 4.85. The number of carbonyl (C=O) groups excluding carboxylic acids is 1. The molecule has 10 heteroatoms. The number of aryl methyl sites for hydroxylation is 2. The molecule has 0 saturated heterocycles. The maximum Gasteiger partial charge on any atom is 0.434 e. The second kappa shape index (κ2) is 7.93. The molecule has 0 amide bonds. The smallest absolute Gasteiger partial charge is 0.434 e. The van der Waals surface area contributed by atoms with Gasteiger partial charge in [0.25, 0.3) is 0 Å². The minimum Gasteiger partial charge on any atom is -0.507 e. The van der Waals surface area contributed by atoms with E-state index in [9.17, 15) is 23.1 Å². The number of esters is 1. The van der Waals surface area contributed by atoms with Crippen LogP contribution in [0.3, 0.4) is 0 Å². The molecule has 1 N–H and O–H groups in total. The molecule has 0 radical (unpaired) electrons. The van der Waals surface area contributed by atoms with Gasteiger partial charge >= 0.3 is 12.1 Å². The van der Waals surface area contributed by atoms with Gasteiger partial charge in [0.05, 0.1) is 19.9 Å². The molecule has 0 fully saturated rings. The number of ether oxygens (including phenoxy) is 2. The Morgan fingerprint density at radius 3 is 2.35 bits per heavy atom. The number of nitrogens with zero attached hydrogens (tertiary/aromatic N) is 2. The maximum atomic E-state index is 14.0. The highest BCUT2D eigenvalue weighted by molar-refractivity contribution is 5.92. The molecule has 3 rings (SSSR count). The van der Waals surface area contributed by atoms with E-state index in [1.165, 1.54) is 33.1 Å². The van der Waals surface area contributed by atoms with E-state index < -0.39 is 23.4 Å². The van der Waals surface area contributed by atoms with Gasteiger partial charge in [0, 0.05) is 22.3 Å². The summed E-state index contributed by atoms with van der Waals surface area (Å²) in [5.74, 6) is -1.17. The number of phenolic OH excluding ortho intramolecular Hbond substituents is 1. The van der Waals surface area contributed by atoms with Gasteiger partial charge in [0.2, 0.25) is 5.76 Å². The van der Waals surface area contributed by atoms with E-state index in [1.807, 2.05) is 0 Å². The van der Waals surface area contributed by atoms with Crippen LogP contribution in [0.4, 0.5) is 13.2 Å². The number of alkyl halides is 3. The molecule has 0 atom stereocenters. The first-order chi connectivity index (χ1) is 14.5. The van der Waals surface area contributed by atoms with Crippen LogP contribution in [0.15, 0.2) is 22.6 Å². The first kappa shape index (κ1) is 22.1. The summed E-state index contributed by atoms with van der Waals surface area (Å²) in [6.45, 7) is 4.29. The van der Waals surface area contributed by atoms with Crippen LogP contribution in [0.5, 0.6) is 11.5 Å². The largest absolute Gasteiger partial charge is 0.507 e. The zero-order valence-electron chi connectivity index (χ0n) is 17.3. The lowest BCUT2D eigenvalue weighted by atomic mass is 9.95. The third-order valence-electron chi connectivity index (χ3n) is 4.72. The van der Waals surface area contributed by atoms with E-state index in [4.69, 9.17) is 9.15 Å². The first-order valence-corrected chi connectivity index (χ1v) is 9.01. The van der Waals surface area contributed by atoms with Crippen LogP contribution in [-0.2, 0) is 10.9 Å². The van der Waals surface area contributed by atoms with Crippen molar-refractivity contribution in [1.82, 2.24) is 9.97 Å². The number of hydrogen-bond acceptors (Lipinski definition) is 7. The minimum absolute atomic E-state index is 0.0318. The standard InChI is InChI=1S/C21H19F3N2O5/c1-9-14(29-4)7-6-12(18(9)27)17-16(19(21(22,23)24)26-11(3)25-17)13-8-15(20(28)30-5)31-10(13)2/h6-8,27H,1-5H3. The molecule has 3 aromatic rings. The molecule has 0 saturated carbocycles. The summed E-state index contributed by atoms with van der Waals surface area (Å²) in [6, 6.07) is 4.06. The molecule has 0 unspecified atom stereocenters. The summed E-state index contributed by atoms with van der Waals surface area (Å²) >= 11 is 0. The molecular weight excluding hydrogens is 417 g/mol. The SMILES string of the molecule is COC(=O)c1cc(-c2c(-c3ccc(OC)c(C)c3O)nc(C)nc2C(F)(F)F)c(C)o1. The van der Waals surface area contributed by atoms with Crippen LogP contribution in [0.2, 0.25) is 0 Å². The van der Waals surface area contributed by atoms with E-state index in [-0.39, 0.29) is 39.9 Å². The minimum atomic E-state index is -4.84. The summed E-state index contributed by atoms with van der Waals surface area (Å²) < 4.78 is 57.0. The van der Waals surface area contributed by atoms with Crippen LogP contribution in [0, 0.1) is 20.8 Å². The lowest BCUT2D eigenvalue weighted by Gasteiger charge is -2.18. The summed E-state index contributed by atoms with van der Waals surface area (Å²) in [4.78, 5) is 19.7. The van der Waals surface area contributed by atoms with Gasteiger partial charge in [-0.2, -0.15) is 13.2 Å². The molecule has 31 heavy (non-hydrogen) atoms. The fourth-order valence-corrected chi connectivity index (χ4v) is 3.25. The number of carbonyl (C=O) groups is 1. The van der Waals surface area contributed by atoms with Gasteiger partial charge in [-0.25, -0.2) is 14.8 Å². The van der Waals surface area contributed by atoms with Crippen LogP contribution in [0.1, 0.15) is 33.4 Å². The van der Waals surface area contributed by atoms with Crippen molar-refractivity contribution in [2.45, 2.75) is 26.9 Å². The number of aromatic hydroxyl groups is 1. The van der Waals surface area contributed by atoms with Crippen molar-refractivity contribution in [3.8, 4) is 33.9 Å². The van der Waals surface area contributed by atoms with Gasteiger partial charge in [-0.15, -0.1) is 0 Å². The van der Waals surface area contributed by atoms with Crippen molar-refractivity contribution in [2.24, 2.45) is 0 Å². The zero-order valence-corrected chi connectivity index (χ0v) is 17.3. The first-order valence-electron chi connectivity index (χ1n) is 9.01. The van der Waals surface area contributed by atoms with Gasteiger partial charge in [-0.3, -0.25) is 0 Å². The molecule has 164 valence electrons. The van der Waals surface area contributed by atoms with Crippen LogP contribution >= 0.6 is 0 Å². The summed E-state index contributed by atoms with van der Waals surface area (Å²) in [5, 5.41) is 10.7. The van der Waals surface area contributed by atoms with Gasteiger partial charge in [0.1, 0.15) is 23.1 Å². The monoisotopic (exact) mass is 436 g/mol. The predicted molar refractivity (Wildman–Crippen MR) is 104 cm³/mol. The number of benzene rings is 1. The van der Waals surface area contributed by atoms with Crippen LogP contribution < -0.4 is 4.74 Å². The molecule has 0 aliphatic rings. The number of methoxy groups -OCH3 is 2. The van der Waals surface area contributed by atoms with Crippen molar-refractivity contribution >= 4 is 5.97 Å². The lowest BCUT2D eigenvalue weighted by molar-refractivity contribution is -0.140. The Hall–Kier alpha value is -3.56. The third kappa shape index (κ3) is 3.92. The summed E-state index contributed by atoms with van der Waals surface area (Å²) in [7, 11) is 2.53. The Morgan fingerprint density at radius 1 is 1.10 bits per heavy atom. The lowest BCUT2D eigenvalue weighted by Crippen LogP contribution is -2.14. The second-order valence-electron chi connectivity index (χ2n) is 6.70. The molecule has 0 bridgehead atoms. The molecule has 0 aliphatic carbocycles. The fourth-order valence-electron chi connectivity index (χ4n) is 3.25. The molecule has 7 nitrogen and oxygen atoms in total. The Labute approximate surface area is 175 Å². The Balaban J connectivity index is 2.42. The van der Waals surface area contributed by atoms with E-state index in [0.29, 0.717) is 11.3 Å². The van der Waals surface area contributed by atoms with Gasteiger partial charge in [-0.1, -0.05) is 0 Å². The van der Waals surface area contributed by atoms with Crippen molar-refractivity contribution in [3.63, 3.8) is 0 Å². The van der Waals surface area contributed by atoms with Crippen molar-refractivity contribution in [2.75, 3.05) is 14.2 Å². The van der Waals surface area contributed by atoms with E-state index in [2.05, 4.69) is 14.7 Å². The average Bonchev–Trinajstić information content (AvgIpc) is 3.09. The average molecular weight is 436 g/mol. The molecule has 0 spiro atoms. The Morgan fingerprint density at radius 2 is 1.77 bits per heavy atom. The topological polar surface area (TPSA) is 94.7 Å². The number of phenols is 1. The van der Waals surface area contributed by atoms with E-state index in [1.54, 1.807) is 6.92 Å². The van der Waals surface area contributed by atoms with E-state index >= 15 is 0 Å². The normalized spacial score (nSPS) is 11.5. The highest BCUT2D eigenvalue weighted by Crippen LogP contribution is 2.46. The summed E-state index contributed by atoms with van der Waals surface area (Å²) in [6.07, 6.45) is -4.84. The number of halogens is 3. The zero-order chi connectivity index (χ0) is 23.1. The second-order valence-corrected chi connectivity index (χ2v) is 6.70. The molecular formula is C21H19F3N2O5. The van der Waals surface area contributed by atoms with Crippen molar-refractivity contribution in [3.05, 3.63) is 46.8 Å². The van der Waals surface area contributed by atoms with E-state index in [0.717, 1.165) is 13.2 Å². The number of aromatic nitrogens is 2.